The predicted molar refractivity (Wildman–Crippen MR) is 111 cm³/mol. The number of esters is 1. The van der Waals surface area contributed by atoms with Crippen LogP contribution in [0.1, 0.15) is 41.3 Å². The molecule has 1 amide bonds. The van der Waals surface area contributed by atoms with Crippen LogP contribution in [0.5, 0.6) is 5.75 Å². The van der Waals surface area contributed by atoms with Crippen molar-refractivity contribution in [2.24, 2.45) is 0 Å². The van der Waals surface area contributed by atoms with Gasteiger partial charge in [-0.15, -0.1) is 0 Å². The summed E-state index contributed by atoms with van der Waals surface area (Å²) in [6.07, 6.45) is 2.20. The number of hydrogen-bond acceptors (Lipinski definition) is 5. The third kappa shape index (κ3) is 4.82. The van der Waals surface area contributed by atoms with Gasteiger partial charge in [-0.2, -0.15) is 0 Å². The summed E-state index contributed by atoms with van der Waals surface area (Å²) >= 11 is 0. The van der Waals surface area contributed by atoms with Crippen LogP contribution in [0, 0.1) is 0 Å². The minimum Gasteiger partial charge on any atom is -0.491 e. The summed E-state index contributed by atoms with van der Waals surface area (Å²) in [5.74, 6) is -0.00790. The van der Waals surface area contributed by atoms with E-state index in [0.29, 0.717) is 31.0 Å². The molecule has 158 valence electrons. The lowest BCUT2D eigenvalue weighted by Gasteiger charge is -2.30. The summed E-state index contributed by atoms with van der Waals surface area (Å²) in [6.45, 7) is 4.11. The minimum absolute atomic E-state index is 0.142. The Kier molecular flexibility index (Phi) is 6.33. The molecule has 4 rings (SSSR count). The first-order valence-corrected chi connectivity index (χ1v) is 10.5. The molecule has 0 aliphatic carbocycles. The summed E-state index contributed by atoms with van der Waals surface area (Å²) < 4.78 is 16.7. The van der Waals surface area contributed by atoms with E-state index in [1.54, 1.807) is 36.1 Å². The van der Waals surface area contributed by atoms with E-state index in [4.69, 9.17) is 14.2 Å². The van der Waals surface area contributed by atoms with Gasteiger partial charge < -0.3 is 19.1 Å². The molecule has 2 atom stereocenters. The second kappa shape index (κ2) is 9.30. The lowest BCUT2D eigenvalue weighted by atomic mass is 9.99. The van der Waals surface area contributed by atoms with E-state index in [1.807, 2.05) is 18.2 Å². The molecule has 0 spiro atoms. The third-order valence-electron chi connectivity index (χ3n) is 5.62. The molecule has 2 aliphatic heterocycles. The summed E-state index contributed by atoms with van der Waals surface area (Å²) in [4.78, 5) is 27.0. The fourth-order valence-electron chi connectivity index (χ4n) is 3.87. The third-order valence-corrected chi connectivity index (χ3v) is 5.62. The van der Waals surface area contributed by atoms with Crippen molar-refractivity contribution < 1.29 is 23.8 Å². The van der Waals surface area contributed by atoms with E-state index < -0.39 is 12.1 Å². The summed E-state index contributed by atoms with van der Waals surface area (Å²) in [5.41, 5.74) is 2.81. The first-order chi connectivity index (χ1) is 14.6. The van der Waals surface area contributed by atoms with Crippen LogP contribution in [0.25, 0.3) is 0 Å². The molecule has 6 nitrogen and oxygen atoms in total. The molecule has 30 heavy (non-hydrogen) atoms. The van der Waals surface area contributed by atoms with Gasteiger partial charge in [-0.3, -0.25) is 4.79 Å². The predicted octanol–water partition coefficient (Wildman–Crippen LogP) is 3.37. The van der Waals surface area contributed by atoms with Gasteiger partial charge in [0.1, 0.15) is 12.4 Å². The van der Waals surface area contributed by atoms with E-state index in [9.17, 15) is 9.59 Å². The fourth-order valence-corrected chi connectivity index (χ4v) is 3.87. The van der Waals surface area contributed by atoms with Gasteiger partial charge in [0, 0.05) is 19.7 Å². The van der Waals surface area contributed by atoms with Crippen LogP contribution >= 0.6 is 0 Å². The Morgan fingerprint density at radius 2 is 1.90 bits per heavy atom. The van der Waals surface area contributed by atoms with Gasteiger partial charge in [0.05, 0.1) is 11.7 Å². The van der Waals surface area contributed by atoms with Crippen molar-refractivity contribution in [2.75, 3.05) is 19.8 Å². The largest absolute Gasteiger partial charge is 0.491 e. The highest BCUT2D eigenvalue weighted by atomic mass is 16.5. The molecule has 1 fully saturated rings. The number of ether oxygens (including phenoxy) is 3. The van der Waals surface area contributed by atoms with E-state index in [2.05, 4.69) is 6.07 Å². The van der Waals surface area contributed by atoms with Crippen molar-refractivity contribution in [1.82, 2.24) is 4.90 Å². The minimum atomic E-state index is -0.835. The Morgan fingerprint density at radius 1 is 1.13 bits per heavy atom. The molecule has 0 aromatic heterocycles. The first-order valence-electron chi connectivity index (χ1n) is 10.5. The molecule has 2 heterocycles. The van der Waals surface area contributed by atoms with Gasteiger partial charge in [0.15, 0.2) is 6.10 Å². The van der Waals surface area contributed by atoms with Gasteiger partial charge in [0.25, 0.3) is 5.91 Å². The Labute approximate surface area is 176 Å². The van der Waals surface area contributed by atoms with Crippen LogP contribution < -0.4 is 4.74 Å². The van der Waals surface area contributed by atoms with Gasteiger partial charge >= 0.3 is 5.97 Å². The topological polar surface area (TPSA) is 65.1 Å². The lowest BCUT2D eigenvalue weighted by Crippen LogP contribution is -2.42. The summed E-state index contributed by atoms with van der Waals surface area (Å²) in [5, 5.41) is 0. The van der Waals surface area contributed by atoms with Crippen molar-refractivity contribution in [2.45, 2.75) is 44.9 Å². The number of benzene rings is 2. The van der Waals surface area contributed by atoms with Crippen LogP contribution in [0.2, 0.25) is 0 Å². The monoisotopic (exact) mass is 409 g/mol. The highest BCUT2D eigenvalue weighted by Gasteiger charge is 2.27. The quantitative estimate of drug-likeness (QED) is 0.685. The van der Waals surface area contributed by atoms with Crippen LogP contribution in [0.15, 0.2) is 48.5 Å². The number of rotatable bonds is 6. The molecule has 6 heteroatoms. The van der Waals surface area contributed by atoms with Crippen molar-refractivity contribution in [3.63, 3.8) is 0 Å². The molecule has 2 aromatic rings. The molecule has 0 bridgehead atoms. The molecule has 2 aromatic carbocycles. The number of amides is 1. The van der Waals surface area contributed by atoms with Crippen molar-refractivity contribution >= 4 is 11.9 Å². The van der Waals surface area contributed by atoms with E-state index in [-0.39, 0.29) is 12.0 Å². The maximum absolute atomic E-state index is 12.8. The molecule has 0 N–H and O–H groups in total. The lowest BCUT2D eigenvalue weighted by molar-refractivity contribution is -0.140. The smallest absolute Gasteiger partial charge is 0.338 e. The van der Waals surface area contributed by atoms with Gasteiger partial charge in [0.2, 0.25) is 0 Å². The van der Waals surface area contributed by atoms with Crippen LogP contribution in [-0.2, 0) is 27.2 Å². The number of carbonyl (C=O) groups excluding carboxylic acids is 2. The van der Waals surface area contributed by atoms with E-state index >= 15 is 0 Å². The van der Waals surface area contributed by atoms with Crippen LogP contribution in [0.4, 0.5) is 0 Å². The van der Waals surface area contributed by atoms with Gasteiger partial charge in [-0.25, -0.2) is 4.79 Å². The average Bonchev–Trinajstić information content (AvgIpc) is 3.31. The zero-order valence-electron chi connectivity index (χ0n) is 17.2. The number of carbonyl (C=O) groups is 2. The Morgan fingerprint density at radius 3 is 2.63 bits per heavy atom. The number of nitrogens with zero attached hydrogens (tertiary/aromatic N) is 1. The Bertz CT molecular complexity index is 889. The zero-order chi connectivity index (χ0) is 20.9. The summed E-state index contributed by atoms with van der Waals surface area (Å²) in [7, 11) is 0. The molecule has 0 unspecified atom stereocenters. The SMILES string of the molecule is C[C@H](OC(=O)c1ccc(OC[C@H]2CCCO2)cc1)C(=O)N1CCc2ccccc2C1. The van der Waals surface area contributed by atoms with Crippen molar-refractivity contribution in [3.05, 3.63) is 65.2 Å². The first kappa shape index (κ1) is 20.4. The average molecular weight is 409 g/mol. The molecule has 0 saturated carbocycles. The van der Waals surface area contributed by atoms with Gasteiger partial charge in [-0.1, -0.05) is 24.3 Å². The Balaban J connectivity index is 1.29. The van der Waals surface area contributed by atoms with E-state index in [0.717, 1.165) is 31.4 Å². The molecule has 2 aliphatic rings. The standard InChI is InChI=1S/C24H27NO5/c1-17(23(26)25-13-12-18-5-2-3-6-20(18)15-25)30-24(27)19-8-10-21(11-9-19)29-16-22-7-4-14-28-22/h2-3,5-6,8-11,17,22H,4,7,12-16H2,1H3/t17-,22+/m0/s1. The van der Waals surface area contributed by atoms with Crippen LogP contribution in [0.3, 0.4) is 0 Å². The number of hydrogen-bond donors (Lipinski definition) is 0. The molecule has 1 saturated heterocycles. The normalized spacial score (nSPS) is 19.1. The molecular formula is C24H27NO5. The molecular weight excluding hydrogens is 382 g/mol. The molecule has 0 radical (unpaired) electrons. The maximum Gasteiger partial charge on any atom is 0.338 e. The number of fused-ring (bicyclic) bond motifs is 1. The van der Waals surface area contributed by atoms with Crippen molar-refractivity contribution in [1.29, 1.82) is 0 Å². The van der Waals surface area contributed by atoms with Gasteiger partial charge in [-0.05, 0) is 61.6 Å². The Hall–Kier alpha value is -2.86. The zero-order valence-corrected chi connectivity index (χ0v) is 17.2. The highest BCUT2D eigenvalue weighted by Crippen LogP contribution is 2.20. The maximum atomic E-state index is 12.8. The fraction of sp³-hybridized carbons (Fsp3) is 0.417. The summed E-state index contributed by atoms with van der Waals surface area (Å²) in [6, 6.07) is 14.9. The highest BCUT2D eigenvalue weighted by molar-refractivity contribution is 5.92. The van der Waals surface area contributed by atoms with Crippen LogP contribution in [-0.4, -0.2) is 48.7 Å². The van der Waals surface area contributed by atoms with E-state index in [1.165, 1.54) is 5.56 Å². The second-order valence-electron chi connectivity index (χ2n) is 7.80. The van der Waals surface area contributed by atoms with Crippen molar-refractivity contribution in [3.8, 4) is 5.75 Å². The second-order valence-corrected chi connectivity index (χ2v) is 7.80.